The number of hydrogen-bond donors (Lipinski definition) is 0. The third-order valence-electron chi connectivity index (χ3n) is 2.66. The second-order valence-electron chi connectivity index (χ2n) is 4.16. The Bertz CT molecular complexity index is 748. The van der Waals surface area contributed by atoms with Crippen molar-refractivity contribution in [1.82, 2.24) is 14.8 Å². The van der Waals surface area contributed by atoms with Crippen LogP contribution in [0.25, 0.3) is 5.82 Å². The fourth-order valence-electron chi connectivity index (χ4n) is 1.66. The number of pyridine rings is 1. The number of carbonyl (C=O) groups is 1. The molecule has 0 aliphatic carbocycles. The molecule has 106 valence electrons. The number of rotatable bonds is 4. The number of carbonyl (C=O) groups excluding carboxylic acids is 1. The smallest absolute Gasteiger partial charge is 0.228 e. The molecule has 2 aromatic heterocycles. The van der Waals surface area contributed by atoms with Crippen molar-refractivity contribution >= 4 is 15.6 Å². The number of nitrogens with zero attached hydrogens (tertiary/aromatic N) is 3. The molecule has 2 aromatic rings. The lowest BCUT2D eigenvalue weighted by molar-refractivity contribution is 0.101. The topological polar surface area (TPSA) is 91.1 Å². The van der Waals surface area contributed by atoms with Gasteiger partial charge in [-0.05, 0) is 19.1 Å². The lowest BCUT2D eigenvalue weighted by atomic mass is 10.2. The molecule has 2 rings (SSSR count). The van der Waals surface area contributed by atoms with Crippen LogP contribution < -0.4 is 4.74 Å². The maximum atomic E-state index is 11.4. The molecule has 0 bridgehead atoms. The van der Waals surface area contributed by atoms with Crippen molar-refractivity contribution in [2.24, 2.45) is 0 Å². The molecule has 0 spiro atoms. The van der Waals surface area contributed by atoms with Crippen molar-refractivity contribution in [2.45, 2.75) is 11.8 Å². The number of sulfone groups is 1. The molecule has 0 atom stereocenters. The predicted octanol–water partition coefficient (Wildman–Crippen LogP) is 0.882. The highest BCUT2D eigenvalue weighted by Gasteiger charge is 2.17. The Hall–Kier alpha value is -2.22. The van der Waals surface area contributed by atoms with Crippen LogP contribution in [-0.2, 0) is 9.84 Å². The number of ketones is 1. The van der Waals surface area contributed by atoms with Crippen molar-refractivity contribution in [3.8, 4) is 11.7 Å². The number of methoxy groups -OCH3 is 1. The zero-order chi connectivity index (χ0) is 14.9. The molecule has 8 heteroatoms. The summed E-state index contributed by atoms with van der Waals surface area (Å²) in [5.74, 6) is 0.444. The van der Waals surface area contributed by atoms with Crippen molar-refractivity contribution in [1.29, 1.82) is 0 Å². The van der Waals surface area contributed by atoms with Crippen LogP contribution >= 0.6 is 0 Å². The highest BCUT2D eigenvalue weighted by atomic mass is 32.2. The van der Waals surface area contributed by atoms with Gasteiger partial charge in [-0.3, -0.25) is 4.79 Å². The number of hydrogen-bond acceptors (Lipinski definition) is 6. The monoisotopic (exact) mass is 295 g/mol. The minimum atomic E-state index is -3.30. The Morgan fingerprint density at radius 2 is 2.00 bits per heavy atom. The summed E-state index contributed by atoms with van der Waals surface area (Å²) < 4.78 is 29.2. The highest BCUT2D eigenvalue weighted by Crippen LogP contribution is 2.22. The second-order valence-corrected chi connectivity index (χ2v) is 6.18. The molecule has 0 radical (unpaired) electrons. The molecule has 0 saturated carbocycles. The summed E-state index contributed by atoms with van der Waals surface area (Å²) in [5.41, 5.74) is 0.335. The van der Waals surface area contributed by atoms with Gasteiger partial charge in [0.05, 0.1) is 23.8 Å². The Balaban J connectivity index is 2.50. The Kier molecular flexibility index (Phi) is 3.58. The van der Waals surface area contributed by atoms with E-state index >= 15 is 0 Å². The van der Waals surface area contributed by atoms with E-state index in [-0.39, 0.29) is 16.6 Å². The van der Waals surface area contributed by atoms with Crippen LogP contribution in [-0.4, -0.2) is 42.3 Å². The fourth-order valence-corrected chi connectivity index (χ4v) is 2.21. The lowest BCUT2D eigenvalue weighted by Gasteiger charge is -2.06. The number of Topliss-reactive ketones (excluding diaryl/α,β-unsaturated/α-hetero) is 1. The first-order valence-electron chi connectivity index (χ1n) is 5.64. The van der Waals surface area contributed by atoms with Gasteiger partial charge in [-0.15, -0.1) is 0 Å². The lowest BCUT2D eigenvalue weighted by Crippen LogP contribution is -2.05. The van der Waals surface area contributed by atoms with Gasteiger partial charge in [0.15, 0.2) is 21.4 Å². The van der Waals surface area contributed by atoms with Gasteiger partial charge in [0.25, 0.3) is 0 Å². The average Bonchev–Trinajstić information content (AvgIpc) is 2.81. The summed E-state index contributed by atoms with van der Waals surface area (Å²) in [6.07, 6.45) is 3.72. The molecular formula is C12H13N3O4S. The fraction of sp³-hybridized carbons (Fsp3) is 0.250. The Morgan fingerprint density at radius 1 is 1.30 bits per heavy atom. The summed E-state index contributed by atoms with van der Waals surface area (Å²) in [7, 11) is -1.88. The van der Waals surface area contributed by atoms with Crippen LogP contribution in [0, 0.1) is 0 Å². The summed E-state index contributed by atoms with van der Waals surface area (Å²) in [4.78, 5) is 15.6. The zero-order valence-corrected chi connectivity index (χ0v) is 12.0. The van der Waals surface area contributed by atoms with Gasteiger partial charge in [0, 0.05) is 12.5 Å². The Morgan fingerprint density at radius 3 is 2.45 bits per heavy atom. The number of ether oxygens (including phenoxy) is 1. The third-order valence-corrected chi connectivity index (χ3v) is 3.76. The maximum Gasteiger partial charge on any atom is 0.228 e. The van der Waals surface area contributed by atoms with Crippen LogP contribution in [0.3, 0.4) is 0 Å². The molecule has 0 aromatic carbocycles. The average molecular weight is 295 g/mol. The normalized spacial score (nSPS) is 11.3. The van der Waals surface area contributed by atoms with Gasteiger partial charge in [-0.2, -0.15) is 9.78 Å². The van der Waals surface area contributed by atoms with E-state index in [4.69, 9.17) is 4.74 Å². The maximum absolute atomic E-state index is 11.4. The van der Waals surface area contributed by atoms with E-state index in [9.17, 15) is 13.2 Å². The molecule has 0 unspecified atom stereocenters. The van der Waals surface area contributed by atoms with Crippen molar-refractivity contribution in [3.63, 3.8) is 0 Å². The van der Waals surface area contributed by atoms with Gasteiger partial charge in [-0.25, -0.2) is 13.4 Å². The van der Waals surface area contributed by atoms with Crippen LogP contribution in [0.15, 0.2) is 29.4 Å². The molecule has 0 aliphatic heterocycles. The third kappa shape index (κ3) is 2.55. The molecule has 0 N–H and O–H groups in total. The summed E-state index contributed by atoms with van der Waals surface area (Å²) in [6, 6.07) is 2.92. The first kappa shape index (κ1) is 14.2. The molecular weight excluding hydrogens is 282 g/mol. The van der Waals surface area contributed by atoms with Crippen LogP contribution in [0.1, 0.15) is 17.3 Å². The van der Waals surface area contributed by atoms with E-state index < -0.39 is 9.84 Å². The van der Waals surface area contributed by atoms with Crippen molar-refractivity contribution in [2.75, 3.05) is 13.4 Å². The van der Waals surface area contributed by atoms with E-state index in [2.05, 4.69) is 10.1 Å². The molecule has 20 heavy (non-hydrogen) atoms. The van der Waals surface area contributed by atoms with Crippen molar-refractivity contribution < 1.29 is 17.9 Å². The predicted molar refractivity (Wildman–Crippen MR) is 71.0 cm³/mol. The van der Waals surface area contributed by atoms with Crippen LogP contribution in [0.2, 0.25) is 0 Å². The quantitative estimate of drug-likeness (QED) is 0.778. The standard InChI is InChI=1S/C12H13N3O4S/c1-8(16)10-7-14-15(12(10)19-2)11-5-4-9(6-13-11)20(3,17)18/h4-7H,1-3H3. The van der Waals surface area contributed by atoms with E-state index in [1.165, 1.54) is 43.2 Å². The van der Waals surface area contributed by atoms with E-state index in [0.29, 0.717) is 11.4 Å². The summed E-state index contributed by atoms with van der Waals surface area (Å²) >= 11 is 0. The van der Waals surface area contributed by atoms with Gasteiger partial charge in [0.1, 0.15) is 0 Å². The molecule has 0 amide bonds. The van der Waals surface area contributed by atoms with Crippen LogP contribution in [0.5, 0.6) is 5.88 Å². The summed E-state index contributed by atoms with van der Waals surface area (Å²) in [6.45, 7) is 1.41. The van der Waals surface area contributed by atoms with E-state index in [1.807, 2.05) is 0 Å². The largest absolute Gasteiger partial charge is 0.480 e. The molecule has 0 aliphatic rings. The van der Waals surface area contributed by atoms with Crippen LogP contribution in [0.4, 0.5) is 0 Å². The van der Waals surface area contributed by atoms with Crippen molar-refractivity contribution in [3.05, 3.63) is 30.1 Å². The molecule has 7 nitrogen and oxygen atoms in total. The highest BCUT2D eigenvalue weighted by molar-refractivity contribution is 7.90. The first-order chi connectivity index (χ1) is 9.34. The number of aromatic nitrogens is 3. The molecule has 0 saturated heterocycles. The Labute approximate surface area is 116 Å². The SMILES string of the molecule is COc1c(C(C)=O)cnn1-c1ccc(S(C)(=O)=O)cn1. The van der Waals surface area contributed by atoms with E-state index in [1.54, 1.807) is 0 Å². The van der Waals surface area contributed by atoms with Gasteiger partial charge in [-0.1, -0.05) is 0 Å². The van der Waals surface area contributed by atoms with E-state index in [0.717, 1.165) is 6.26 Å². The van der Waals surface area contributed by atoms with Gasteiger partial charge < -0.3 is 4.74 Å². The first-order valence-corrected chi connectivity index (χ1v) is 7.53. The van der Waals surface area contributed by atoms with Gasteiger partial charge in [0.2, 0.25) is 5.88 Å². The minimum absolute atomic E-state index is 0.110. The zero-order valence-electron chi connectivity index (χ0n) is 11.2. The minimum Gasteiger partial charge on any atom is -0.480 e. The second kappa shape index (κ2) is 5.04. The molecule has 2 heterocycles. The summed E-state index contributed by atoms with van der Waals surface area (Å²) in [5, 5.41) is 4.03. The van der Waals surface area contributed by atoms with Gasteiger partial charge >= 0.3 is 0 Å². The molecule has 0 fully saturated rings.